The second-order valence-corrected chi connectivity index (χ2v) is 22.0. The van der Waals surface area contributed by atoms with Crippen molar-refractivity contribution in [2.45, 2.75) is 297 Å². The zero-order valence-electron chi connectivity index (χ0n) is 53.7. The van der Waals surface area contributed by atoms with Crippen LogP contribution in [0.3, 0.4) is 0 Å². The van der Waals surface area contributed by atoms with Crippen molar-refractivity contribution in [1.82, 2.24) is 0 Å². The number of hydrogen-bond donors (Lipinski definition) is 0. The lowest BCUT2D eigenvalue weighted by Gasteiger charge is -2.18. The number of carbonyl (C=O) groups excluding carboxylic acids is 3. The molecule has 0 aromatic heterocycles. The normalized spacial score (nSPS) is 13.1. The van der Waals surface area contributed by atoms with Crippen LogP contribution in [0.15, 0.2) is 158 Å². The van der Waals surface area contributed by atoms with E-state index in [4.69, 9.17) is 14.2 Å². The Morgan fingerprint density at radius 1 is 0.253 bits per heavy atom. The molecule has 6 nitrogen and oxygen atoms in total. The molecule has 0 amide bonds. The monoisotopic (exact) mass is 1140 g/mol. The number of unbranched alkanes of at least 4 members (excludes halogenated alkanes) is 23. The van der Waals surface area contributed by atoms with E-state index in [-0.39, 0.29) is 31.1 Å². The molecule has 1 unspecified atom stereocenters. The van der Waals surface area contributed by atoms with Gasteiger partial charge in [0.2, 0.25) is 0 Å². The molecule has 0 aliphatic heterocycles. The van der Waals surface area contributed by atoms with Crippen LogP contribution in [0.4, 0.5) is 0 Å². The molecule has 0 spiro atoms. The molecule has 1 atom stereocenters. The Balaban J connectivity index is 4.27. The van der Waals surface area contributed by atoms with E-state index in [1.807, 2.05) is 0 Å². The van der Waals surface area contributed by atoms with Crippen molar-refractivity contribution in [3.8, 4) is 0 Å². The van der Waals surface area contributed by atoms with Crippen LogP contribution in [0.25, 0.3) is 0 Å². The average Bonchev–Trinajstić information content (AvgIpc) is 3.49. The summed E-state index contributed by atoms with van der Waals surface area (Å²) in [4.78, 5) is 38.3. The van der Waals surface area contributed by atoms with Crippen LogP contribution in [-0.4, -0.2) is 37.2 Å². The summed E-state index contributed by atoms with van der Waals surface area (Å²) in [6.45, 7) is 6.38. The third kappa shape index (κ3) is 67.7. The highest BCUT2D eigenvalue weighted by atomic mass is 16.6. The average molecular weight is 1150 g/mol. The number of allylic oxidation sites excluding steroid dienone is 26. The SMILES string of the molecule is CC/C=C\C/C=C\C/C=C\C/C=C\C/C=C\C/C=C\C/C=C\CCCCCCCCCCCC(=O)OCC(COC(=O)CCCCCCCCCCC)OC(=O)CCCCCCCC/C=C\C/C=C\C/C=C\C/C=C\C/C=C\C/C=C\CC. The number of carbonyl (C=O) groups is 3. The molecule has 0 bridgehead atoms. The minimum Gasteiger partial charge on any atom is -0.462 e. The Kier molecular flexibility index (Phi) is 65.4. The summed E-state index contributed by atoms with van der Waals surface area (Å²) in [6.07, 6.45) is 101. The molecule has 0 heterocycles. The molecule has 0 aliphatic rings. The lowest BCUT2D eigenvalue weighted by Crippen LogP contribution is -2.30. The number of esters is 3. The number of hydrogen-bond acceptors (Lipinski definition) is 6. The van der Waals surface area contributed by atoms with Gasteiger partial charge < -0.3 is 14.2 Å². The number of ether oxygens (including phenoxy) is 3. The smallest absolute Gasteiger partial charge is 0.306 e. The van der Waals surface area contributed by atoms with Crippen molar-refractivity contribution in [1.29, 1.82) is 0 Å². The van der Waals surface area contributed by atoms with E-state index < -0.39 is 6.10 Å². The summed E-state index contributed by atoms with van der Waals surface area (Å²) < 4.78 is 16.9. The molecule has 0 rings (SSSR count). The third-order valence-electron chi connectivity index (χ3n) is 14.0. The minimum absolute atomic E-state index is 0.0895. The standard InChI is InChI=1S/C77H124O6/c1-4-7-10-13-16-19-21-23-25-27-29-31-33-35-36-37-38-39-40-42-43-45-47-49-51-53-55-58-61-64-67-70-76(79)82-73-74(72-81-75(78)69-66-63-60-57-18-15-12-9-6-3)83-77(80)71-68-65-62-59-56-54-52-50-48-46-44-41-34-32-30-28-26-24-22-20-17-14-11-8-5-2/h7-8,10-11,16-17,19-20,23-26,29-32,35-36,38-39,41-44,48,50,74H,4-6,9,12-15,18,21-22,27-28,33-34,37,40,45-47,49,51-73H2,1-3H3/b10-7-,11-8-,19-16-,20-17-,25-23-,26-24-,31-29-,32-30-,36-35-,39-38-,43-42-,44-41-,50-48-. The van der Waals surface area contributed by atoms with Crippen LogP contribution in [0.5, 0.6) is 0 Å². The van der Waals surface area contributed by atoms with Gasteiger partial charge in [0.15, 0.2) is 6.10 Å². The van der Waals surface area contributed by atoms with Gasteiger partial charge in [0.25, 0.3) is 0 Å². The van der Waals surface area contributed by atoms with Gasteiger partial charge in [0.1, 0.15) is 13.2 Å². The van der Waals surface area contributed by atoms with Gasteiger partial charge in [-0.3, -0.25) is 14.4 Å². The van der Waals surface area contributed by atoms with Gasteiger partial charge in [-0.1, -0.05) is 301 Å². The molecule has 0 aromatic rings. The Hall–Kier alpha value is -4.97. The summed E-state index contributed by atoms with van der Waals surface area (Å²) in [7, 11) is 0. The van der Waals surface area contributed by atoms with Gasteiger partial charge in [0, 0.05) is 19.3 Å². The largest absolute Gasteiger partial charge is 0.462 e. The van der Waals surface area contributed by atoms with Crippen molar-refractivity contribution in [2.24, 2.45) is 0 Å². The van der Waals surface area contributed by atoms with Gasteiger partial charge in [-0.25, -0.2) is 0 Å². The third-order valence-corrected chi connectivity index (χ3v) is 14.0. The highest BCUT2D eigenvalue weighted by molar-refractivity contribution is 5.71. The maximum atomic E-state index is 12.9. The predicted molar refractivity (Wildman–Crippen MR) is 362 cm³/mol. The lowest BCUT2D eigenvalue weighted by atomic mass is 10.1. The molecule has 0 radical (unpaired) electrons. The number of rotatable bonds is 60. The summed E-state index contributed by atoms with van der Waals surface area (Å²) in [5.41, 5.74) is 0. The summed E-state index contributed by atoms with van der Waals surface area (Å²) in [5, 5.41) is 0. The van der Waals surface area contributed by atoms with E-state index in [9.17, 15) is 14.4 Å². The van der Waals surface area contributed by atoms with Crippen LogP contribution in [0.1, 0.15) is 290 Å². The second-order valence-electron chi connectivity index (χ2n) is 22.0. The molecule has 0 N–H and O–H groups in total. The first-order valence-electron chi connectivity index (χ1n) is 34.0. The lowest BCUT2D eigenvalue weighted by molar-refractivity contribution is -0.167. The Labute approximate surface area is 511 Å². The highest BCUT2D eigenvalue weighted by Crippen LogP contribution is 2.15. The van der Waals surface area contributed by atoms with Crippen LogP contribution >= 0.6 is 0 Å². The summed E-state index contributed by atoms with van der Waals surface area (Å²) in [6, 6.07) is 0. The summed E-state index contributed by atoms with van der Waals surface area (Å²) >= 11 is 0. The first kappa shape index (κ1) is 78.0. The maximum Gasteiger partial charge on any atom is 0.306 e. The molecule has 0 saturated carbocycles. The Morgan fingerprint density at radius 3 is 0.735 bits per heavy atom. The van der Waals surface area contributed by atoms with Gasteiger partial charge in [0.05, 0.1) is 0 Å². The van der Waals surface area contributed by atoms with E-state index in [1.165, 1.54) is 89.9 Å². The van der Waals surface area contributed by atoms with E-state index in [1.54, 1.807) is 0 Å². The zero-order valence-corrected chi connectivity index (χ0v) is 53.7. The van der Waals surface area contributed by atoms with Crippen LogP contribution in [-0.2, 0) is 28.6 Å². The van der Waals surface area contributed by atoms with E-state index in [0.717, 1.165) is 161 Å². The molecule has 6 heteroatoms. The van der Waals surface area contributed by atoms with E-state index >= 15 is 0 Å². The maximum absolute atomic E-state index is 12.9. The molecule has 83 heavy (non-hydrogen) atoms. The molecular weight excluding hydrogens is 1020 g/mol. The Bertz CT molecular complexity index is 1840. The van der Waals surface area contributed by atoms with Crippen molar-refractivity contribution in [3.63, 3.8) is 0 Å². The first-order valence-corrected chi connectivity index (χ1v) is 34.0. The van der Waals surface area contributed by atoms with E-state index in [2.05, 4.69) is 179 Å². The van der Waals surface area contributed by atoms with Crippen molar-refractivity contribution in [3.05, 3.63) is 158 Å². The fourth-order valence-electron chi connectivity index (χ4n) is 9.01. The van der Waals surface area contributed by atoms with Gasteiger partial charge in [-0.05, 0) is 128 Å². The zero-order chi connectivity index (χ0) is 59.9. The van der Waals surface area contributed by atoms with Crippen molar-refractivity contribution in [2.75, 3.05) is 13.2 Å². The quantitative estimate of drug-likeness (QED) is 0.0261. The van der Waals surface area contributed by atoms with Crippen LogP contribution < -0.4 is 0 Å². The molecule has 468 valence electrons. The van der Waals surface area contributed by atoms with E-state index in [0.29, 0.717) is 19.3 Å². The molecule has 0 fully saturated rings. The molecule has 0 aliphatic carbocycles. The van der Waals surface area contributed by atoms with Crippen LogP contribution in [0, 0.1) is 0 Å². The highest BCUT2D eigenvalue weighted by Gasteiger charge is 2.19. The van der Waals surface area contributed by atoms with Gasteiger partial charge >= 0.3 is 17.9 Å². The van der Waals surface area contributed by atoms with Gasteiger partial charge in [-0.2, -0.15) is 0 Å². The topological polar surface area (TPSA) is 78.9 Å². The van der Waals surface area contributed by atoms with Crippen molar-refractivity contribution >= 4 is 17.9 Å². The second kappa shape index (κ2) is 69.5. The van der Waals surface area contributed by atoms with Crippen molar-refractivity contribution < 1.29 is 28.6 Å². The first-order chi connectivity index (χ1) is 41.0. The van der Waals surface area contributed by atoms with Crippen LogP contribution in [0.2, 0.25) is 0 Å². The molecule has 0 saturated heterocycles. The predicted octanol–water partition coefficient (Wildman–Crippen LogP) is 23.7. The minimum atomic E-state index is -0.795. The fraction of sp³-hybridized carbons (Fsp3) is 0.623. The summed E-state index contributed by atoms with van der Waals surface area (Å²) in [5.74, 6) is -0.913. The Morgan fingerprint density at radius 2 is 0.470 bits per heavy atom. The fourth-order valence-corrected chi connectivity index (χ4v) is 9.01. The molecular formula is C77H124O6. The van der Waals surface area contributed by atoms with Gasteiger partial charge in [-0.15, -0.1) is 0 Å². The molecule has 0 aromatic carbocycles.